The van der Waals surface area contributed by atoms with E-state index in [0.29, 0.717) is 5.41 Å². The Bertz CT molecular complexity index is 74.5. The Hall–Kier alpha value is -0.0400. The Labute approximate surface area is 51.0 Å². The van der Waals surface area contributed by atoms with E-state index in [1.807, 2.05) is 0 Å². The van der Waals surface area contributed by atoms with E-state index < -0.39 is 0 Å². The Balaban J connectivity index is 2.01. The quantitative estimate of drug-likeness (QED) is 0.540. The first kappa shape index (κ1) is 6.09. The lowest BCUT2D eigenvalue weighted by molar-refractivity contribution is 0.212. The molecule has 1 nitrogen and oxygen atoms in total. The molecule has 1 heteroatoms. The molecule has 8 heavy (non-hydrogen) atoms. The third kappa shape index (κ3) is 1.48. The minimum Gasteiger partial charge on any atom is -0.384 e. The molecule has 1 radical (unpaired) electrons. The highest BCUT2D eigenvalue weighted by atomic mass is 16.5. The first-order chi connectivity index (χ1) is 3.77. The van der Waals surface area contributed by atoms with Gasteiger partial charge in [-0.15, -0.1) is 0 Å². The highest BCUT2D eigenvalue weighted by molar-refractivity contribution is 4.99. The number of hydrogen-bond donors (Lipinski definition) is 0. The van der Waals surface area contributed by atoms with Crippen LogP contribution in [-0.4, -0.2) is 13.7 Å². The Kier molecular flexibility index (Phi) is 1.57. The van der Waals surface area contributed by atoms with E-state index in [1.54, 1.807) is 7.11 Å². The molecule has 0 aliphatic heterocycles. The van der Waals surface area contributed by atoms with Crippen molar-refractivity contribution in [3.8, 4) is 0 Å². The van der Waals surface area contributed by atoms with Gasteiger partial charge in [0.15, 0.2) is 0 Å². The standard InChI is InChI=1S/C7H13O/c1-7(3-4-7)5-6-8-2/h5H,3-4,6H2,1-2H3. The molecule has 1 aliphatic rings. The molecule has 0 amide bonds. The molecule has 0 heterocycles. The molecule has 47 valence electrons. The zero-order chi connectivity index (χ0) is 6.04. The maximum Gasteiger partial charge on any atom is 0.0499 e. The molecule has 0 aromatic rings. The van der Waals surface area contributed by atoms with E-state index in [-0.39, 0.29) is 0 Å². The number of hydrogen-bond acceptors (Lipinski definition) is 1. The molecule has 0 spiro atoms. The van der Waals surface area contributed by atoms with Crippen LogP contribution in [0, 0.1) is 11.8 Å². The number of ether oxygens (including phenoxy) is 1. The Morgan fingerprint density at radius 3 is 2.62 bits per heavy atom. The van der Waals surface area contributed by atoms with Crippen LogP contribution in [0.1, 0.15) is 19.8 Å². The minimum absolute atomic E-state index is 0.552. The summed E-state index contributed by atoms with van der Waals surface area (Å²) in [6.07, 6.45) is 4.97. The summed E-state index contributed by atoms with van der Waals surface area (Å²) >= 11 is 0. The fraction of sp³-hybridized carbons (Fsp3) is 0.857. The van der Waals surface area contributed by atoms with Crippen molar-refractivity contribution in [3.63, 3.8) is 0 Å². The van der Waals surface area contributed by atoms with E-state index >= 15 is 0 Å². The first-order valence-electron chi connectivity index (χ1n) is 3.10. The van der Waals surface area contributed by atoms with Crippen molar-refractivity contribution in [3.05, 3.63) is 6.42 Å². The highest BCUT2D eigenvalue weighted by Gasteiger charge is 2.36. The maximum absolute atomic E-state index is 4.90. The molecule has 1 aliphatic carbocycles. The summed E-state index contributed by atoms with van der Waals surface area (Å²) in [5.41, 5.74) is 0.552. The van der Waals surface area contributed by atoms with Gasteiger partial charge >= 0.3 is 0 Å². The van der Waals surface area contributed by atoms with Gasteiger partial charge in [0.05, 0.1) is 0 Å². The largest absolute Gasteiger partial charge is 0.384 e. The topological polar surface area (TPSA) is 9.23 Å². The second-order valence-electron chi connectivity index (χ2n) is 2.81. The molecule has 0 N–H and O–H groups in total. The van der Waals surface area contributed by atoms with Crippen LogP contribution in [0.25, 0.3) is 0 Å². The summed E-state index contributed by atoms with van der Waals surface area (Å²) in [7, 11) is 1.74. The van der Waals surface area contributed by atoms with Gasteiger partial charge in [-0.3, -0.25) is 0 Å². The van der Waals surface area contributed by atoms with Crippen molar-refractivity contribution >= 4 is 0 Å². The summed E-state index contributed by atoms with van der Waals surface area (Å²) in [4.78, 5) is 0. The van der Waals surface area contributed by atoms with E-state index in [9.17, 15) is 0 Å². The zero-order valence-corrected chi connectivity index (χ0v) is 5.61. The predicted molar refractivity (Wildman–Crippen MR) is 33.5 cm³/mol. The van der Waals surface area contributed by atoms with Gasteiger partial charge in [-0.2, -0.15) is 0 Å². The monoisotopic (exact) mass is 113 g/mol. The van der Waals surface area contributed by atoms with Gasteiger partial charge in [0.1, 0.15) is 0 Å². The molecular weight excluding hydrogens is 100 g/mol. The summed E-state index contributed by atoms with van der Waals surface area (Å²) in [5, 5.41) is 0. The fourth-order valence-corrected chi connectivity index (χ4v) is 0.686. The number of rotatable bonds is 3. The van der Waals surface area contributed by atoms with Crippen LogP contribution in [0.5, 0.6) is 0 Å². The van der Waals surface area contributed by atoms with Crippen molar-refractivity contribution in [2.75, 3.05) is 13.7 Å². The second-order valence-corrected chi connectivity index (χ2v) is 2.81. The van der Waals surface area contributed by atoms with Gasteiger partial charge in [0, 0.05) is 13.7 Å². The molecule has 0 atom stereocenters. The van der Waals surface area contributed by atoms with Crippen LogP contribution in [0.3, 0.4) is 0 Å². The van der Waals surface area contributed by atoms with Crippen molar-refractivity contribution < 1.29 is 4.74 Å². The predicted octanol–water partition coefficient (Wildman–Crippen LogP) is 1.64. The van der Waals surface area contributed by atoms with E-state index in [4.69, 9.17) is 4.74 Å². The molecular formula is C7H13O. The van der Waals surface area contributed by atoms with Crippen molar-refractivity contribution in [2.24, 2.45) is 5.41 Å². The number of methoxy groups -OCH3 is 1. The lowest BCUT2D eigenvalue weighted by atomic mass is 10.1. The summed E-state index contributed by atoms with van der Waals surface area (Å²) in [6, 6.07) is 0. The van der Waals surface area contributed by atoms with Gasteiger partial charge < -0.3 is 4.74 Å². The lowest BCUT2D eigenvalue weighted by Crippen LogP contribution is -1.99. The maximum atomic E-state index is 4.90. The fourth-order valence-electron chi connectivity index (χ4n) is 0.686. The average molecular weight is 113 g/mol. The van der Waals surface area contributed by atoms with Gasteiger partial charge in [0.25, 0.3) is 0 Å². The van der Waals surface area contributed by atoms with Crippen LogP contribution in [0.2, 0.25) is 0 Å². The van der Waals surface area contributed by atoms with Crippen LogP contribution in [0.15, 0.2) is 0 Å². The molecule has 0 bridgehead atoms. The summed E-state index contributed by atoms with van der Waals surface area (Å²) in [5.74, 6) is 0. The normalized spacial score (nSPS) is 23.2. The average Bonchev–Trinajstić information content (AvgIpc) is 2.45. The third-order valence-electron chi connectivity index (χ3n) is 1.78. The lowest BCUT2D eigenvalue weighted by Gasteiger charge is -2.03. The molecule has 0 unspecified atom stereocenters. The zero-order valence-electron chi connectivity index (χ0n) is 5.61. The molecule has 1 rings (SSSR count). The molecule has 0 saturated heterocycles. The minimum atomic E-state index is 0.552. The van der Waals surface area contributed by atoms with Gasteiger partial charge in [0.2, 0.25) is 0 Å². The first-order valence-corrected chi connectivity index (χ1v) is 3.10. The second kappa shape index (κ2) is 2.06. The van der Waals surface area contributed by atoms with Gasteiger partial charge in [-0.05, 0) is 24.7 Å². The van der Waals surface area contributed by atoms with E-state index in [1.165, 1.54) is 12.8 Å². The Morgan fingerprint density at radius 1 is 1.62 bits per heavy atom. The molecule has 1 saturated carbocycles. The van der Waals surface area contributed by atoms with Crippen LogP contribution in [-0.2, 0) is 4.74 Å². The van der Waals surface area contributed by atoms with Gasteiger partial charge in [-0.25, -0.2) is 0 Å². The summed E-state index contributed by atoms with van der Waals surface area (Å²) in [6.45, 7) is 3.09. The highest BCUT2D eigenvalue weighted by Crippen LogP contribution is 2.47. The van der Waals surface area contributed by atoms with Crippen molar-refractivity contribution in [1.29, 1.82) is 0 Å². The van der Waals surface area contributed by atoms with E-state index in [0.717, 1.165) is 6.61 Å². The van der Waals surface area contributed by atoms with Gasteiger partial charge in [-0.1, -0.05) is 6.92 Å². The molecule has 0 aromatic heterocycles. The van der Waals surface area contributed by atoms with Crippen LogP contribution < -0.4 is 0 Å². The third-order valence-corrected chi connectivity index (χ3v) is 1.78. The van der Waals surface area contributed by atoms with Crippen molar-refractivity contribution in [2.45, 2.75) is 19.8 Å². The Morgan fingerprint density at radius 2 is 2.25 bits per heavy atom. The molecule has 0 aromatic carbocycles. The molecule has 1 fully saturated rings. The smallest absolute Gasteiger partial charge is 0.0499 e. The van der Waals surface area contributed by atoms with E-state index in [2.05, 4.69) is 13.3 Å². The van der Waals surface area contributed by atoms with Crippen LogP contribution in [0.4, 0.5) is 0 Å². The van der Waals surface area contributed by atoms with Crippen LogP contribution >= 0.6 is 0 Å². The SMILES string of the molecule is COC[CH]C1(C)CC1. The summed E-state index contributed by atoms with van der Waals surface area (Å²) < 4.78 is 4.90. The van der Waals surface area contributed by atoms with Crippen molar-refractivity contribution in [1.82, 2.24) is 0 Å².